The van der Waals surface area contributed by atoms with E-state index in [9.17, 15) is 31.1 Å². The molecule has 0 aliphatic heterocycles. The van der Waals surface area contributed by atoms with Gasteiger partial charge in [-0.05, 0) is 30.3 Å². The van der Waals surface area contributed by atoms with Gasteiger partial charge in [0.1, 0.15) is 23.4 Å². The largest absolute Gasteiger partial charge is 0.449 e. The van der Waals surface area contributed by atoms with Crippen LogP contribution in [0.25, 0.3) is 16.9 Å². The van der Waals surface area contributed by atoms with Gasteiger partial charge in [-0.25, -0.2) is 15.0 Å². The number of Topliss-reactive ketones (excluding diaryl/α,β-unsaturated/α-hetero) is 1. The maximum atomic E-state index is 13.3. The zero-order valence-corrected chi connectivity index (χ0v) is 22.2. The normalized spacial score (nSPS) is 11.4. The Morgan fingerprint density at radius 3 is 2.24 bits per heavy atom. The number of fused-ring (bicyclic) bond motifs is 1. The predicted octanol–water partition coefficient (Wildman–Crippen LogP) is 6.23. The number of hydrogen-bond acceptors (Lipinski definition) is 8. The first-order valence-electron chi connectivity index (χ1n) is 11.2. The van der Waals surface area contributed by atoms with Crippen LogP contribution in [0.15, 0.2) is 42.6 Å². The van der Waals surface area contributed by atoms with E-state index in [-0.39, 0.29) is 29.5 Å². The van der Waals surface area contributed by atoms with Crippen molar-refractivity contribution in [3.8, 4) is 17.3 Å². The van der Waals surface area contributed by atoms with Crippen molar-refractivity contribution in [2.45, 2.75) is 19.3 Å². The molecule has 0 fully saturated rings. The van der Waals surface area contributed by atoms with Crippen LogP contribution in [0.4, 0.5) is 43.9 Å². The van der Waals surface area contributed by atoms with Gasteiger partial charge in [-0.1, -0.05) is 23.2 Å². The summed E-state index contributed by atoms with van der Waals surface area (Å²) in [4.78, 5) is 21.6. The van der Waals surface area contributed by atoms with Gasteiger partial charge in [0.2, 0.25) is 11.7 Å². The number of anilines is 3. The lowest BCUT2D eigenvalue weighted by Crippen LogP contribution is -2.18. The summed E-state index contributed by atoms with van der Waals surface area (Å²) in [6.45, 7) is 1.08. The van der Waals surface area contributed by atoms with Gasteiger partial charge in [0.25, 0.3) is 0 Å². The maximum Gasteiger partial charge on any atom is 0.449 e. The van der Waals surface area contributed by atoms with Crippen molar-refractivity contribution < 1.29 is 31.1 Å². The number of nitrogens with one attached hydrogen (secondary N) is 2. The standard InChI is InChI=1S/C21H15Cl2F3N8.C3H3F3O/c22-12-2-3-13(14(23)7-12)15-8-18-32-16(21(24,25)26)10-34(18)20(31-15)30-6-5-29-17-4-1-11(9-27)19(28)33-17;1-2(7)3(4,5)6/h1-4,7-8,10H,5-6H2,(H,30,31)(H3,28,29,33);1H3. The first kappa shape index (κ1) is 31.2. The molecule has 0 radical (unpaired) electrons. The van der Waals surface area contributed by atoms with E-state index in [0.717, 1.165) is 6.20 Å². The fourth-order valence-corrected chi connectivity index (χ4v) is 3.62. The number of pyridine rings is 1. The number of nitrogens with two attached hydrogens (primary N) is 1. The molecule has 4 rings (SSSR count). The molecule has 3 heterocycles. The van der Waals surface area contributed by atoms with Crippen molar-refractivity contribution in [3.63, 3.8) is 0 Å². The Balaban J connectivity index is 0.000000587. The van der Waals surface area contributed by atoms with Gasteiger partial charge in [0.15, 0.2) is 5.69 Å². The maximum absolute atomic E-state index is 13.3. The van der Waals surface area contributed by atoms with Crippen LogP contribution in [0.1, 0.15) is 18.2 Å². The minimum atomic E-state index is -4.64. The average molecular weight is 619 g/mol. The summed E-state index contributed by atoms with van der Waals surface area (Å²) in [6.07, 6.45) is -8.39. The Morgan fingerprint density at radius 1 is 1.02 bits per heavy atom. The number of alkyl halides is 6. The quantitative estimate of drug-likeness (QED) is 0.171. The Labute approximate surface area is 237 Å². The lowest BCUT2D eigenvalue weighted by molar-refractivity contribution is -0.168. The second kappa shape index (κ2) is 12.5. The molecule has 0 amide bonds. The minimum absolute atomic E-state index is 0.0420. The smallest absolute Gasteiger partial charge is 0.383 e. The summed E-state index contributed by atoms with van der Waals surface area (Å²) in [5.41, 5.74) is 5.76. The molecule has 0 saturated heterocycles. The van der Waals surface area contributed by atoms with E-state index in [2.05, 4.69) is 25.6 Å². The van der Waals surface area contributed by atoms with Crippen molar-refractivity contribution in [3.05, 3.63) is 63.9 Å². The molecule has 0 spiro atoms. The van der Waals surface area contributed by atoms with Crippen LogP contribution in [0.2, 0.25) is 10.0 Å². The summed E-state index contributed by atoms with van der Waals surface area (Å²) in [6, 6.07) is 11.2. The van der Waals surface area contributed by atoms with Crippen LogP contribution in [-0.4, -0.2) is 44.4 Å². The van der Waals surface area contributed by atoms with E-state index in [4.69, 9.17) is 34.2 Å². The Kier molecular flexibility index (Phi) is 9.51. The van der Waals surface area contributed by atoms with Crippen molar-refractivity contribution >= 4 is 52.2 Å². The van der Waals surface area contributed by atoms with Gasteiger partial charge < -0.3 is 16.4 Å². The molecule has 4 aromatic rings. The monoisotopic (exact) mass is 618 g/mol. The van der Waals surface area contributed by atoms with Crippen molar-refractivity contribution in [1.29, 1.82) is 5.26 Å². The first-order chi connectivity index (χ1) is 19.1. The lowest BCUT2D eigenvalue weighted by atomic mass is 10.1. The number of imidazole rings is 1. The number of halogens is 8. The van der Waals surface area contributed by atoms with E-state index in [1.54, 1.807) is 18.2 Å². The van der Waals surface area contributed by atoms with E-state index in [0.29, 0.717) is 40.6 Å². The molecule has 1 aromatic carbocycles. The molecule has 0 unspecified atom stereocenters. The molecular formula is C24H18Cl2F6N8O. The molecule has 0 aliphatic rings. The Morgan fingerprint density at radius 2 is 1.68 bits per heavy atom. The van der Waals surface area contributed by atoms with Gasteiger partial charge in [-0.3, -0.25) is 9.20 Å². The van der Waals surface area contributed by atoms with Crippen LogP contribution in [0.3, 0.4) is 0 Å². The van der Waals surface area contributed by atoms with Gasteiger partial charge in [-0.2, -0.15) is 31.6 Å². The summed E-state index contributed by atoms with van der Waals surface area (Å²) < 4.78 is 73.5. The van der Waals surface area contributed by atoms with Crippen molar-refractivity contribution in [1.82, 2.24) is 19.4 Å². The number of nitriles is 1. The van der Waals surface area contributed by atoms with Gasteiger partial charge in [0, 0.05) is 42.9 Å². The second-order valence-electron chi connectivity index (χ2n) is 8.09. The topological polar surface area (TPSA) is 134 Å². The number of nitrogen functional groups attached to an aromatic ring is 1. The molecule has 4 N–H and O–H groups in total. The lowest BCUT2D eigenvalue weighted by Gasteiger charge is -2.12. The molecule has 216 valence electrons. The zero-order chi connectivity index (χ0) is 30.5. The number of rotatable bonds is 6. The third-order valence-electron chi connectivity index (χ3n) is 5.11. The third kappa shape index (κ3) is 8.12. The first-order valence-corrected chi connectivity index (χ1v) is 12.0. The number of ketones is 1. The van der Waals surface area contributed by atoms with Crippen LogP contribution in [-0.2, 0) is 11.0 Å². The fraction of sp³-hybridized carbons (Fsp3) is 0.208. The van der Waals surface area contributed by atoms with Crippen LogP contribution in [0.5, 0.6) is 0 Å². The molecule has 41 heavy (non-hydrogen) atoms. The second-order valence-corrected chi connectivity index (χ2v) is 8.93. The summed E-state index contributed by atoms with van der Waals surface area (Å²) in [5.74, 6) is -1.09. The number of hydrogen-bond donors (Lipinski definition) is 3. The summed E-state index contributed by atoms with van der Waals surface area (Å²) >= 11 is 12.2. The van der Waals surface area contributed by atoms with E-state index in [1.807, 2.05) is 6.07 Å². The number of benzene rings is 1. The molecule has 0 atom stereocenters. The molecule has 9 nitrogen and oxygen atoms in total. The van der Waals surface area contributed by atoms with Gasteiger partial charge in [0.05, 0.1) is 16.3 Å². The van der Waals surface area contributed by atoms with E-state index >= 15 is 0 Å². The van der Waals surface area contributed by atoms with Crippen molar-refractivity contribution in [2.24, 2.45) is 0 Å². The highest BCUT2D eigenvalue weighted by molar-refractivity contribution is 6.36. The third-order valence-corrected chi connectivity index (χ3v) is 5.66. The number of nitrogens with zero attached hydrogens (tertiary/aromatic N) is 5. The average Bonchev–Trinajstić information content (AvgIpc) is 3.32. The molecule has 0 aliphatic carbocycles. The van der Waals surface area contributed by atoms with Crippen LogP contribution >= 0.6 is 23.2 Å². The number of aromatic nitrogens is 4. The summed E-state index contributed by atoms with van der Waals surface area (Å²) in [7, 11) is 0. The summed E-state index contributed by atoms with van der Waals surface area (Å²) in [5, 5.41) is 15.6. The highest BCUT2D eigenvalue weighted by Gasteiger charge is 2.35. The minimum Gasteiger partial charge on any atom is -0.383 e. The highest BCUT2D eigenvalue weighted by Crippen LogP contribution is 2.33. The molecule has 3 aromatic heterocycles. The number of carbonyl (C=O) groups excluding carboxylic acids is 1. The van der Waals surface area contributed by atoms with E-state index < -0.39 is 23.8 Å². The van der Waals surface area contributed by atoms with E-state index in [1.165, 1.54) is 22.6 Å². The van der Waals surface area contributed by atoms with Gasteiger partial charge >= 0.3 is 12.4 Å². The van der Waals surface area contributed by atoms with Gasteiger partial charge in [-0.15, -0.1) is 0 Å². The molecule has 0 saturated carbocycles. The fourth-order valence-electron chi connectivity index (χ4n) is 3.12. The highest BCUT2D eigenvalue weighted by atomic mass is 35.5. The Bertz CT molecular complexity index is 1610. The molecule has 0 bridgehead atoms. The number of carbonyl (C=O) groups is 1. The Hall–Kier alpha value is -4.29. The zero-order valence-electron chi connectivity index (χ0n) is 20.7. The predicted molar refractivity (Wildman–Crippen MR) is 141 cm³/mol. The van der Waals surface area contributed by atoms with Crippen LogP contribution in [0, 0.1) is 11.3 Å². The molecular weight excluding hydrogens is 601 g/mol. The van der Waals surface area contributed by atoms with Crippen molar-refractivity contribution in [2.75, 3.05) is 29.5 Å². The van der Waals surface area contributed by atoms with Crippen LogP contribution < -0.4 is 16.4 Å². The molecule has 17 heteroatoms. The SMILES string of the molecule is CC(=O)C(F)(F)F.N#Cc1ccc(NCCNc2nc(-c3ccc(Cl)cc3Cl)cc3nc(C(F)(F)F)cn23)nc1N.